The lowest BCUT2D eigenvalue weighted by molar-refractivity contribution is -0.126. The van der Waals surface area contributed by atoms with Crippen LogP contribution in [-0.4, -0.2) is 59.6 Å². The van der Waals surface area contributed by atoms with Gasteiger partial charge in [0.2, 0.25) is 0 Å². The van der Waals surface area contributed by atoms with E-state index < -0.39 is 53.9 Å². The van der Waals surface area contributed by atoms with E-state index in [9.17, 15) is 23.6 Å². The third-order valence-corrected chi connectivity index (χ3v) is 5.82. The summed E-state index contributed by atoms with van der Waals surface area (Å²) < 4.78 is 24.3. The van der Waals surface area contributed by atoms with Crippen molar-refractivity contribution in [3.8, 4) is 5.75 Å². The zero-order valence-electron chi connectivity index (χ0n) is 20.8. The largest absolute Gasteiger partial charge is 0.484 e. The average Bonchev–Trinajstić information content (AvgIpc) is 3.26. The maximum atomic E-state index is 13.6. The second-order valence-electron chi connectivity index (χ2n) is 9.46. The minimum absolute atomic E-state index is 0.0283. The molecule has 1 aliphatic rings. The summed E-state index contributed by atoms with van der Waals surface area (Å²) in [5.41, 5.74) is 4.04. The van der Waals surface area contributed by atoms with Gasteiger partial charge in [-0.2, -0.15) is 0 Å². The first-order valence-electron chi connectivity index (χ1n) is 11.5. The highest BCUT2D eigenvalue weighted by Crippen LogP contribution is 2.23. The zero-order valence-corrected chi connectivity index (χ0v) is 22.4. The van der Waals surface area contributed by atoms with Crippen LogP contribution in [0.5, 0.6) is 5.75 Å². The van der Waals surface area contributed by atoms with Crippen molar-refractivity contribution in [2.24, 2.45) is 0 Å². The van der Waals surface area contributed by atoms with Gasteiger partial charge in [0.15, 0.2) is 6.61 Å². The first kappa shape index (κ1) is 29.0. The van der Waals surface area contributed by atoms with Gasteiger partial charge in [-0.1, -0.05) is 23.2 Å². The number of hydrogen-bond donors (Lipinski definition) is 3. The van der Waals surface area contributed by atoms with Crippen LogP contribution >= 0.6 is 23.2 Å². The van der Waals surface area contributed by atoms with Crippen molar-refractivity contribution in [3.63, 3.8) is 0 Å². The summed E-state index contributed by atoms with van der Waals surface area (Å²) >= 11 is 11.5. The van der Waals surface area contributed by atoms with Crippen LogP contribution in [0, 0.1) is 5.82 Å². The van der Waals surface area contributed by atoms with E-state index in [2.05, 4.69) is 16.2 Å². The van der Waals surface area contributed by atoms with Crippen molar-refractivity contribution in [2.45, 2.75) is 44.9 Å². The summed E-state index contributed by atoms with van der Waals surface area (Å²) in [6.45, 7) is 4.58. The van der Waals surface area contributed by atoms with Gasteiger partial charge < -0.3 is 14.8 Å². The molecule has 204 valence electrons. The molecule has 1 fully saturated rings. The fourth-order valence-electron chi connectivity index (χ4n) is 3.57. The molecule has 2 aromatic rings. The quantitative estimate of drug-likeness (QED) is 0.458. The number of carbonyl (C=O) groups excluding carboxylic acids is 4. The molecule has 4 amide bonds. The first-order chi connectivity index (χ1) is 17.8. The van der Waals surface area contributed by atoms with E-state index in [0.717, 1.165) is 6.07 Å². The van der Waals surface area contributed by atoms with E-state index in [1.54, 1.807) is 20.8 Å². The van der Waals surface area contributed by atoms with E-state index >= 15 is 0 Å². The monoisotopic (exact) mass is 568 g/mol. The van der Waals surface area contributed by atoms with Crippen molar-refractivity contribution >= 4 is 47.0 Å². The van der Waals surface area contributed by atoms with E-state index in [-0.39, 0.29) is 29.3 Å². The van der Waals surface area contributed by atoms with Gasteiger partial charge in [0, 0.05) is 29.2 Å². The number of nitrogens with zero attached hydrogens (tertiary/aromatic N) is 1. The molecule has 3 rings (SSSR count). The Morgan fingerprint density at radius 3 is 2.37 bits per heavy atom. The smallest absolute Gasteiger partial charge is 0.411 e. The molecule has 0 radical (unpaired) electrons. The fraction of sp³-hybridized carbons (Fsp3) is 0.360. The molecular formula is C25H27Cl2FN4O6. The Hall–Kier alpha value is -3.57. The highest BCUT2D eigenvalue weighted by molar-refractivity contribution is 6.31. The number of halogens is 3. The molecule has 1 aliphatic heterocycles. The molecule has 2 aromatic carbocycles. The summed E-state index contributed by atoms with van der Waals surface area (Å²) in [5.74, 6) is -2.39. The van der Waals surface area contributed by atoms with Gasteiger partial charge >= 0.3 is 6.09 Å². The Morgan fingerprint density at radius 2 is 1.74 bits per heavy atom. The van der Waals surface area contributed by atoms with Crippen LogP contribution in [0.2, 0.25) is 10.0 Å². The van der Waals surface area contributed by atoms with Crippen molar-refractivity contribution in [2.75, 3.05) is 13.2 Å². The van der Waals surface area contributed by atoms with Gasteiger partial charge in [-0.15, -0.1) is 0 Å². The highest BCUT2D eigenvalue weighted by Gasteiger charge is 2.42. The standard InChI is InChI=1S/C25H27Cl2FN4O6/c1-25(2,3)38-24(36)32-12-16(29-21(33)13-37-17-8-9-18(27)19(28)11-17)10-20(32)23(35)31-30-22(34)14-4-6-15(26)7-5-14/h4-9,11,16,20H,10,12-13H2,1-3H3,(H,29,33)(H,30,34)(H,31,35)/t16-,20+/m0/s1. The van der Waals surface area contributed by atoms with E-state index in [1.807, 2.05) is 0 Å². The van der Waals surface area contributed by atoms with Crippen LogP contribution in [0.25, 0.3) is 0 Å². The molecular weight excluding hydrogens is 542 g/mol. The molecule has 10 nitrogen and oxygen atoms in total. The van der Waals surface area contributed by atoms with Gasteiger partial charge in [0.25, 0.3) is 17.7 Å². The lowest BCUT2D eigenvalue weighted by atomic mass is 10.1. The van der Waals surface area contributed by atoms with Crippen molar-refractivity contribution in [3.05, 3.63) is 63.9 Å². The van der Waals surface area contributed by atoms with Crippen LogP contribution in [0.15, 0.2) is 42.5 Å². The lowest BCUT2D eigenvalue weighted by Crippen LogP contribution is -2.52. The molecule has 0 saturated carbocycles. The average molecular weight is 569 g/mol. The number of nitrogens with one attached hydrogen (secondary N) is 3. The van der Waals surface area contributed by atoms with Crippen LogP contribution in [0.3, 0.4) is 0 Å². The van der Waals surface area contributed by atoms with Crippen molar-refractivity contribution in [1.29, 1.82) is 0 Å². The molecule has 0 aromatic heterocycles. The van der Waals surface area contributed by atoms with Gasteiger partial charge in [-0.25, -0.2) is 9.18 Å². The Balaban J connectivity index is 1.62. The van der Waals surface area contributed by atoms with Crippen LogP contribution in [0.1, 0.15) is 37.6 Å². The summed E-state index contributed by atoms with van der Waals surface area (Å²) in [6, 6.07) is 8.12. The molecule has 0 bridgehead atoms. The molecule has 1 saturated heterocycles. The summed E-state index contributed by atoms with van der Waals surface area (Å²) in [5, 5.41) is 3.06. The number of rotatable bonds is 6. The predicted octanol–water partition coefficient (Wildman–Crippen LogP) is 3.47. The number of carbonyl (C=O) groups is 4. The number of likely N-dealkylation sites (tertiary alicyclic amines) is 1. The second kappa shape index (κ2) is 12.3. The van der Waals surface area contributed by atoms with Crippen LogP contribution < -0.4 is 20.9 Å². The van der Waals surface area contributed by atoms with Crippen molar-refractivity contribution in [1.82, 2.24) is 21.1 Å². The number of amides is 4. The van der Waals surface area contributed by atoms with Gasteiger partial charge in [0.1, 0.15) is 23.2 Å². The van der Waals surface area contributed by atoms with Crippen LogP contribution in [0.4, 0.5) is 9.18 Å². The molecule has 38 heavy (non-hydrogen) atoms. The van der Waals surface area contributed by atoms with Crippen LogP contribution in [-0.2, 0) is 14.3 Å². The van der Waals surface area contributed by atoms with Crippen molar-refractivity contribution < 1.29 is 33.0 Å². The number of hydrogen-bond acceptors (Lipinski definition) is 6. The summed E-state index contributed by atoms with van der Waals surface area (Å²) in [7, 11) is 0. The van der Waals surface area contributed by atoms with E-state index in [1.165, 1.54) is 41.3 Å². The Labute approximate surface area is 228 Å². The zero-order chi connectivity index (χ0) is 28.0. The number of hydrazine groups is 1. The molecule has 0 spiro atoms. The molecule has 2 atom stereocenters. The molecule has 0 aliphatic carbocycles. The third kappa shape index (κ3) is 8.22. The minimum Gasteiger partial charge on any atom is -0.484 e. The maximum absolute atomic E-state index is 13.6. The SMILES string of the molecule is CC(C)(C)OC(=O)N1C[C@@H](NC(=O)COc2ccc(Cl)c(F)c2)C[C@@H]1C(=O)NNC(=O)c1ccc(Cl)cc1. The lowest BCUT2D eigenvalue weighted by Gasteiger charge is -2.27. The van der Waals surface area contributed by atoms with E-state index in [4.69, 9.17) is 32.7 Å². The number of ether oxygens (including phenoxy) is 2. The molecule has 0 unspecified atom stereocenters. The Kier molecular flexibility index (Phi) is 9.40. The normalized spacial score (nSPS) is 16.9. The topological polar surface area (TPSA) is 126 Å². The Morgan fingerprint density at radius 1 is 1.05 bits per heavy atom. The Bertz CT molecular complexity index is 1210. The summed E-state index contributed by atoms with van der Waals surface area (Å²) in [6.07, 6.45) is -0.713. The fourth-order valence-corrected chi connectivity index (χ4v) is 3.81. The maximum Gasteiger partial charge on any atom is 0.411 e. The second-order valence-corrected chi connectivity index (χ2v) is 10.3. The van der Waals surface area contributed by atoms with E-state index in [0.29, 0.717) is 5.02 Å². The highest BCUT2D eigenvalue weighted by atomic mass is 35.5. The first-order valence-corrected chi connectivity index (χ1v) is 12.3. The predicted molar refractivity (Wildman–Crippen MR) is 137 cm³/mol. The summed E-state index contributed by atoms with van der Waals surface area (Å²) in [4.78, 5) is 51.7. The van der Waals surface area contributed by atoms with Gasteiger partial charge in [-0.05, 0) is 63.6 Å². The minimum atomic E-state index is -1.05. The molecule has 13 heteroatoms. The third-order valence-electron chi connectivity index (χ3n) is 5.26. The van der Waals surface area contributed by atoms with Gasteiger partial charge in [-0.3, -0.25) is 30.1 Å². The molecule has 1 heterocycles. The van der Waals surface area contributed by atoms with Gasteiger partial charge in [0.05, 0.1) is 5.02 Å². The molecule has 3 N–H and O–H groups in total. The number of benzene rings is 2.